The summed E-state index contributed by atoms with van der Waals surface area (Å²) in [4.78, 5) is 10.8. The lowest BCUT2D eigenvalue weighted by Gasteiger charge is -2.28. The predicted molar refractivity (Wildman–Crippen MR) is 68.4 cm³/mol. The fourth-order valence-corrected chi connectivity index (χ4v) is 3.87. The van der Waals surface area contributed by atoms with Crippen LogP contribution in [0.15, 0.2) is 0 Å². The van der Waals surface area contributed by atoms with Crippen molar-refractivity contribution in [2.45, 2.75) is 45.6 Å². The third-order valence-corrected chi connectivity index (χ3v) is 4.85. The van der Waals surface area contributed by atoms with Gasteiger partial charge in [0.2, 0.25) is 0 Å². The Kier molecular flexibility index (Phi) is 5.55. The van der Waals surface area contributed by atoms with Gasteiger partial charge in [0.05, 0.1) is 0 Å². The van der Waals surface area contributed by atoms with Gasteiger partial charge >= 0.3 is 5.97 Å². The highest BCUT2D eigenvalue weighted by Gasteiger charge is 2.40. The Morgan fingerprint density at radius 2 is 1.72 bits per heavy atom. The lowest BCUT2D eigenvalue weighted by Crippen LogP contribution is -2.47. The molecule has 0 bridgehead atoms. The van der Waals surface area contributed by atoms with Gasteiger partial charge in [-0.25, -0.2) is 0 Å². The summed E-state index contributed by atoms with van der Waals surface area (Å²) >= 11 is 0. The molecule has 0 radical (unpaired) electrons. The third kappa shape index (κ3) is 3.93. The SMILES string of the molecule is CCCN(CCC)S(=O)(=O)N(CC(=O)O)C1CC1. The van der Waals surface area contributed by atoms with E-state index < -0.39 is 22.7 Å². The maximum Gasteiger partial charge on any atom is 0.318 e. The lowest BCUT2D eigenvalue weighted by molar-refractivity contribution is -0.137. The van der Waals surface area contributed by atoms with Gasteiger partial charge in [-0.05, 0) is 25.7 Å². The van der Waals surface area contributed by atoms with Crippen molar-refractivity contribution < 1.29 is 18.3 Å². The zero-order valence-electron chi connectivity index (χ0n) is 11.0. The molecule has 1 fully saturated rings. The van der Waals surface area contributed by atoms with Gasteiger partial charge in [-0.15, -0.1) is 0 Å². The summed E-state index contributed by atoms with van der Waals surface area (Å²) in [5.41, 5.74) is 0. The van der Waals surface area contributed by atoms with Crippen LogP contribution in [0.3, 0.4) is 0 Å². The van der Waals surface area contributed by atoms with E-state index in [2.05, 4.69) is 0 Å². The molecule has 0 heterocycles. The van der Waals surface area contributed by atoms with Crippen LogP contribution in [0.25, 0.3) is 0 Å². The van der Waals surface area contributed by atoms with Crippen molar-refractivity contribution in [2.75, 3.05) is 19.6 Å². The van der Waals surface area contributed by atoms with Gasteiger partial charge in [-0.2, -0.15) is 17.0 Å². The Morgan fingerprint density at radius 1 is 1.22 bits per heavy atom. The Morgan fingerprint density at radius 3 is 2.06 bits per heavy atom. The summed E-state index contributed by atoms with van der Waals surface area (Å²) in [5, 5.41) is 8.84. The van der Waals surface area contributed by atoms with Crippen LogP contribution in [-0.2, 0) is 15.0 Å². The minimum atomic E-state index is -3.63. The summed E-state index contributed by atoms with van der Waals surface area (Å²) in [6.07, 6.45) is 2.98. The molecule has 0 aromatic heterocycles. The Labute approximate surface area is 109 Å². The Balaban J connectivity index is 2.87. The van der Waals surface area contributed by atoms with E-state index in [-0.39, 0.29) is 6.04 Å². The monoisotopic (exact) mass is 278 g/mol. The van der Waals surface area contributed by atoms with Crippen LogP contribution < -0.4 is 0 Å². The number of carboxylic acid groups (broad SMARTS) is 1. The summed E-state index contributed by atoms with van der Waals surface area (Å²) in [7, 11) is -3.63. The van der Waals surface area contributed by atoms with Gasteiger partial charge < -0.3 is 5.11 Å². The number of hydrogen-bond donors (Lipinski definition) is 1. The average molecular weight is 278 g/mol. The van der Waals surface area contributed by atoms with Crippen molar-refractivity contribution in [1.29, 1.82) is 0 Å². The lowest BCUT2D eigenvalue weighted by atomic mass is 10.4. The maximum atomic E-state index is 12.4. The van der Waals surface area contributed by atoms with Crippen LogP contribution >= 0.6 is 0 Å². The molecule has 106 valence electrons. The van der Waals surface area contributed by atoms with Crippen molar-refractivity contribution in [3.63, 3.8) is 0 Å². The van der Waals surface area contributed by atoms with E-state index in [9.17, 15) is 13.2 Å². The average Bonchev–Trinajstić information content (AvgIpc) is 3.09. The number of carboxylic acids is 1. The smallest absolute Gasteiger partial charge is 0.318 e. The number of nitrogens with zero attached hydrogens (tertiary/aromatic N) is 2. The molecule has 0 spiro atoms. The molecule has 0 aliphatic heterocycles. The molecule has 1 aliphatic rings. The van der Waals surface area contributed by atoms with Crippen molar-refractivity contribution in [1.82, 2.24) is 8.61 Å². The third-order valence-electron chi connectivity index (χ3n) is 2.81. The second-order valence-electron chi connectivity index (χ2n) is 4.58. The zero-order valence-corrected chi connectivity index (χ0v) is 11.8. The number of rotatable bonds is 9. The van der Waals surface area contributed by atoms with Crippen LogP contribution in [0.4, 0.5) is 0 Å². The van der Waals surface area contributed by atoms with E-state index in [0.29, 0.717) is 13.1 Å². The summed E-state index contributed by atoms with van der Waals surface area (Å²) < 4.78 is 27.4. The predicted octanol–water partition coefficient (Wildman–Crippen LogP) is 0.902. The van der Waals surface area contributed by atoms with E-state index in [1.54, 1.807) is 0 Å². The van der Waals surface area contributed by atoms with Crippen LogP contribution in [-0.4, -0.2) is 53.8 Å². The van der Waals surface area contributed by atoms with Crippen molar-refractivity contribution in [2.24, 2.45) is 0 Å². The number of hydrogen-bond acceptors (Lipinski definition) is 3. The molecular weight excluding hydrogens is 256 g/mol. The van der Waals surface area contributed by atoms with E-state index in [4.69, 9.17) is 5.11 Å². The first-order valence-corrected chi connectivity index (χ1v) is 7.81. The molecule has 0 aromatic carbocycles. The molecule has 0 atom stereocenters. The minimum absolute atomic E-state index is 0.123. The van der Waals surface area contributed by atoms with Gasteiger partial charge in [0.15, 0.2) is 0 Å². The zero-order chi connectivity index (χ0) is 13.8. The highest BCUT2D eigenvalue weighted by Crippen LogP contribution is 2.30. The van der Waals surface area contributed by atoms with E-state index in [0.717, 1.165) is 30.0 Å². The summed E-state index contributed by atoms with van der Waals surface area (Å²) in [5.74, 6) is -1.10. The van der Waals surface area contributed by atoms with Crippen LogP contribution in [0.1, 0.15) is 39.5 Å². The second kappa shape index (κ2) is 6.49. The molecule has 0 saturated heterocycles. The number of aliphatic carboxylic acids is 1. The Bertz CT molecular complexity index is 373. The second-order valence-corrected chi connectivity index (χ2v) is 6.46. The van der Waals surface area contributed by atoms with Crippen LogP contribution in [0.2, 0.25) is 0 Å². The first-order chi connectivity index (χ1) is 8.43. The molecule has 6 nitrogen and oxygen atoms in total. The Hall–Kier alpha value is -0.660. The van der Waals surface area contributed by atoms with E-state index in [1.165, 1.54) is 4.31 Å². The molecule has 1 N–H and O–H groups in total. The largest absolute Gasteiger partial charge is 0.480 e. The van der Waals surface area contributed by atoms with Crippen molar-refractivity contribution in [3.05, 3.63) is 0 Å². The quantitative estimate of drug-likeness (QED) is 0.680. The molecular formula is C11H22N2O4S. The first kappa shape index (κ1) is 15.4. The van der Waals surface area contributed by atoms with Crippen LogP contribution in [0, 0.1) is 0 Å². The molecule has 7 heteroatoms. The van der Waals surface area contributed by atoms with Crippen LogP contribution in [0.5, 0.6) is 0 Å². The topological polar surface area (TPSA) is 77.9 Å². The molecule has 1 saturated carbocycles. The van der Waals surface area contributed by atoms with Gasteiger partial charge in [0.25, 0.3) is 10.2 Å². The highest BCUT2D eigenvalue weighted by molar-refractivity contribution is 7.86. The van der Waals surface area contributed by atoms with Gasteiger partial charge in [0.1, 0.15) is 6.54 Å². The first-order valence-electron chi connectivity index (χ1n) is 6.42. The molecule has 0 unspecified atom stereocenters. The fraction of sp³-hybridized carbons (Fsp3) is 0.909. The number of carbonyl (C=O) groups is 1. The molecule has 1 aliphatic carbocycles. The summed E-state index contributed by atoms with van der Waals surface area (Å²) in [6.45, 7) is 4.28. The van der Waals surface area contributed by atoms with Crippen molar-refractivity contribution in [3.8, 4) is 0 Å². The van der Waals surface area contributed by atoms with E-state index in [1.807, 2.05) is 13.8 Å². The summed E-state index contributed by atoms with van der Waals surface area (Å²) in [6, 6.07) is -0.123. The van der Waals surface area contributed by atoms with Crippen molar-refractivity contribution >= 4 is 16.2 Å². The van der Waals surface area contributed by atoms with Gasteiger partial charge in [-0.3, -0.25) is 4.79 Å². The minimum Gasteiger partial charge on any atom is -0.480 e. The van der Waals surface area contributed by atoms with E-state index >= 15 is 0 Å². The fourth-order valence-electron chi connectivity index (χ4n) is 1.88. The molecule has 0 amide bonds. The standard InChI is InChI=1S/C11H22N2O4S/c1-3-7-12(8-4-2)18(16,17)13(9-11(14)15)10-5-6-10/h10H,3-9H2,1-2H3,(H,14,15). The molecule has 1 rings (SSSR count). The van der Waals surface area contributed by atoms with Gasteiger partial charge in [0, 0.05) is 19.1 Å². The normalized spacial score (nSPS) is 16.4. The maximum absolute atomic E-state index is 12.4. The highest BCUT2D eigenvalue weighted by atomic mass is 32.2. The van der Waals surface area contributed by atoms with Gasteiger partial charge in [-0.1, -0.05) is 13.8 Å². The molecule has 18 heavy (non-hydrogen) atoms. The molecule has 0 aromatic rings.